The Kier molecular flexibility index (Phi) is 5.06. The molecule has 1 N–H and O–H groups in total. The molecule has 2 aliphatic carbocycles. The second kappa shape index (κ2) is 7.00. The molecule has 3 rings (SSSR count). The molecule has 1 nitrogen and oxygen atoms in total. The van der Waals surface area contributed by atoms with Crippen LogP contribution in [0.5, 0.6) is 0 Å². The molecule has 110 valence electrons. The van der Waals surface area contributed by atoms with E-state index >= 15 is 0 Å². The van der Waals surface area contributed by atoms with Crippen LogP contribution in [-0.2, 0) is 6.42 Å². The van der Waals surface area contributed by atoms with Gasteiger partial charge in [0.1, 0.15) is 0 Å². The Morgan fingerprint density at radius 2 is 2.05 bits per heavy atom. The fourth-order valence-corrected chi connectivity index (χ4v) is 5.00. The van der Waals surface area contributed by atoms with E-state index in [0.717, 1.165) is 11.3 Å². The molecule has 1 saturated carbocycles. The predicted octanol–water partition coefficient (Wildman–Crippen LogP) is 4.72. The van der Waals surface area contributed by atoms with E-state index < -0.39 is 0 Å². The molecule has 0 amide bonds. The lowest BCUT2D eigenvalue weighted by Crippen LogP contribution is -2.31. The van der Waals surface area contributed by atoms with Crippen molar-refractivity contribution in [2.75, 3.05) is 5.75 Å². The maximum atomic E-state index is 3.99. The highest BCUT2D eigenvalue weighted by molar-refractivity contribution is 7.99. The first-order valence-electron chi connectivity index (χ1n) is 8.32. The Morgan fingerprint density at radius 1 is 1.15 bits per heavy atom. The molecule has 3 unspecified atom stereocenters. The molecule has 0 aromatic heterocycles. The summed E-state index contributed by atoms with van der Waals surface area (Å²) < 4.78 is 0. The predicted molar refractivity (Wildman–Crippen MR) is 89.4 cm³/mol. The van der Waals surface area contributed by atoms with Crippen molar-refractivity contribution >= 4 is 11.8 Å². The first kappa shape index (κ1) is 14.5. The van der Waals surface area contributed by atoms with Crippen LogP contribution in [0.1, 0.15) is 62.6 Å². The third kappa shape index (κ3) is 3.40. The van der Waals surface area contributed by atoms with Crippen LogP contribution in [0.25, 0.3) is 0 Å². The van der Waals surface area contributed by atoms with Gasteiger partial charge >= 0.3 is 0 Å². The quantitative estimate of drug-likeness (QED) is 0.805. The van der Waals surface area contributed by atoms with E-state index in [4.69, 9.17) is 0 Å². The standard InChI is InChI=1S/C18H27NS/c1-2-20-16-12-11-15(13-16)19-18-10-6-4-8-14-7-3-5-9-17(14)18/h3,5,7,9,15-16,18-19H,2,4,6,8,10-13H2,1H3. The molecule has 20 heavy (non-hydrogen) atoms. The van der Waals surface area contributed by atoms with Crippen molar-refractivity contribution in [3.8, 4) is 0 Å². The van der Waals surface area contributed by atoms with Crippen LogP contribution in [0.15, 0.2) is 24.3 Å². The van der Waals surface area contributed by atoms with Gasteiger partial charge in [0, 0.05) is 17.3 Å². The van der Waals surface area contributed by atoms with Gasteiger partial charge in [0.05, 0.1) is 0 Å². The Bertz CT molecular complexity index is 431. The van der Waals surface area contributed by atoms with Gasteiger partial charge in [0.25, 0.3) is 0 Å². The zero-order valence-electron chi connectivity index (χ0n) is 12.6. The average Bonchev–Trinajstić information content (AvgIpc) is 2.80. The van der Waals surface area contributed by atoms with Gasteiger partial charge in [0.2, 0.25) is 0 Å². The van der Waals surface area contributed by atoms with Gasteiger partial charge in [-0.15, -0.1) is 0 Å². The number of benzene rings is 1. The van der Waals surface area contributed by atoms with E-state index in [1.54, 1.807) is 11.1 Å². The first-order chi connectivity index (χ1) is 9.86. The van der Waals surface area contributed by atoms with Crippen molar-refractivity contribution in [2.24, 2.45) is 0 Å². The van der Waals surface area contributed by atoms with Crippen molar-refractivity contribution in [3.63, 3.8) is 0 Å². The summed E-state index contributed by atoms with van der Waals surface area (Å²) in [4.78, 5) is 0. The summed E-state index contributed by atoms with van der Waals surface area (Å²) in [7, 11) is 0. The highest BCUT2D eigenvalue weighted by atomic mass is 32.2. The van der Waals surface area contributed by atoms with E-state index in [0.29, 0.717) is 6.04 Å². The zero-order chi connectivity index (χ0) is 13.8. The van der Waals surface area contributed by atoms with Gasteiger partial charge in [-0.2, -0.15) is 11.8 Å². The van der Waals surface area contributed by atoms with Gasteiger partial charge in [-0.1, -0.05) is 37.6 Å². The minimum absolute atomic E-state index is 0.601. The third-order valence-corrected chi connectivity index (χ3v) is 6.08. The van der Waals surface area contributed by atoms with Gasteiger partial charge in [-0.25, -0.2) is 0 Å². The summed E-state index contributed by atoms with van der Waals surface area (Å²) in [5.74, 6) is 1.27. The number of fused-ring (bicyclic) bond motifs is 1. The molecule has 1 aromatic rings. The molecule has 0 saturated heterocycles. The van der Waals surface area contributed by atoms with Crippen LogP contribution in [0, 0.1) is 0 Å². The lowest BCUT2D eigenvalue weighted by Gasteiger charge is -2.24. The largest absolute Gasteiger partial charge is 0.307 e. The zero-order valence-corrected chi connectivity index (χ0v) is 13.4. The van der Waals surface area contributed by atoms with E-state index in [1.165, 1.54) is 50.7 Å². The first-order valence-corrected chi connectivity index (χ1v) is 9.37. The number of hydrogen-bond acceptors (Lipinski definition) is 2. The van der Waals surface area contributed by atoms with Crippen LogP contribution >= 0.6 is 11.8 Å². The van der Waals surface area contributed by atoms with E-state index in [1.807, 2.05) is 0 Å². The molecule has 2 aliphatic rings. The van der Waals surface area contributed by atoms with Gasteiger partial charge in [-0.3, -0.25) is 0 Å². The molecule has 0 bridgehead atoms. The van der Waals surface area contributed by atoms with Crippen molar-refractivity contribution in [2.45, 2.75) is 69.2 Å². The van der Waals surface area contributed by atoms with Crippen LogP contribution in [0.4, 0.5) is 0 Å². The molecule has 2 heteroatoms. The van der Waals surface area contributed by atoms with Crippen LogP contribution in [0.2, 0.25) is 0 Å². The van der Waals surface area contributed by atoms with Crippen molar-refractivity contribution in [1.82, 2.24) is 5.32 Å². The smallest absolute Gasteiger partial charge is 0.0325 e. The molecule has 1 fully saturated rings. The fourth-order valence-electron chi connectivity index (χ4n) is 3.86. The minimum Gasteiger partial charge on any atom is -0.307 e. The molecule has 0 heterocycles. The van der Waals surface area contributed by atoms with Crippen LogP contribution in [0.3, 0.4) is 0 Å². The molecular weight excluding hydrogens is 262 g/mol. The topological polar surface area (TPSA) is 12.0 Å². The van der Waals surface area contributed by atoms with Crippen molar-refractivity contribution < 1.29 is 0 Å². The Morgan fingerprint density at radius 3 is 2.95 bits per heavy atom. The SMILES string of the molecule is CCSC1CCC(NC2CCCCc3ccccc32)C1. The molecule has 3 atom stereocenters. The van der Waals surface area contributed by atoms with Crippen LogP contribution < -0.4 is 5.32 Å². The van der Waals surface area contributed by atoms with Gasteiger partial charge in [0.15, 0.2) is 0 Å². The number of thioether (sulfide) groups is 1. The Balaban J connectivity index is 1.65. The number of rotatable bonds is 4. The highest BCUT2D eigenvalue weighted by Gasteiger charge is 2.27. The summed E-state index contributed by atoms with van der Waals surface area (Å²) in [5.41, 5.74) is 3.16. The lowest BCUT2D eigenvalue weighted by molar-refractivity contribution is 0.416. The van der Waals surface area contributed by atoms with E-state index in [2.05, 4.69) is 48.3 Å². The summed E-state index contributed by atoms with van der Waals surface area (Å²) in [6.07, 6.45) is 9.46. The number of nitrogens with one attached hydrogen (secondary N) is 1. The fraction of sp³-hybridized carbons (Fsp3) is 0.667. The lowest BCUT2D eigenvalue weighted by atomic mass is 9.98. The average molecular weight is 289 g/mol. The monoisotopic (exact) mass is 289 g/mol. The van der Waals surface area contributed by atoms with Crippen molar-refractivity contribution in [3.05, 3.63) is 35.4 Å². The maximum absolute atomic E-state index is 3.99. The van der Waals surface area contributed by atoms with E-state index in [9.17, 15) is 0 Å². The van der Waals surface area contributed by atoms with Gasteiger partial charge in [-0.05, 0) is 55.4 Å². The third-order valence-electron chi connectivity index (χ3n) is 4.84. The summed E-state index contributed by atoms with van der Waals surface area (Å²) >= 11 is 2.15. The highest BCUT2D eigenvalue weighted by Crippen LogP contribution is 2.34. The van der Waals surface area contributed by atoms with Crippen molar-refractivity contribution in [1.29, 1.82) is 0 Å². The molecule has 0 aliphatic heterocycles. The summed E-state index contributed by atoms with van der Waals surface area (Å²) in [6.45, 7) is 2.28. The Labute approximate surface area is 127 Å². The second-order valence-corrected chi connectivity index (χ2v) is 7.83. The normalized spacial score (nSPS) is 29.9. The number of aryl methyl sites for hydroxylation is 1. The second-order valence-electron chi connectivity index (χ2n) is 6.25. The minimum atomic E-state index is 0.601. The molecule has 0 spiro atoms. The molecular formula is C18H27NS. The maximum Gasteiger partial charge on any atom is 0.0325 e. The van der Waals surface area contributed by atoms with E-state index in [-0.39, 0.29) is 0 Å². The van der Waals surface area contributed by atoms with Crippen LogP contribution in [-0.4, -0.2) is 17.0 Å². The Hall–Kier alpha value is -0.470. The molecule has 0 radical (unpaired) electrons. The number of hydrogen-bond donors (Lipinski definition) is 1. The van der Waals surface area contributed by atoms with Gasteiger partial charge < -0.3 is 5.32 Å². The molecule has 1 aromatic carbocycles. The summed E-state index contributed by atoms with van der Waals surface area (Å²) in [6, 6.07) is 10.4. The summed E-state index contributed by atoms with van der Waals surface area (Å²) in [5, 5.41) is 4.89.